The maximum absolute atomic E-state index is 13.0. The summed E-state index contributed by atoms with van der Waals surface area (Å²) in [5.74, 6) is 0.748. The molecule has 6 atom stereocenters. The highest BCUT2D eigenvalue weighted by atomic mass is 35.5. The lowest BCUT2D eigenvalue weighted by molar-refractivity contribution is 0.0623. The van der Waals surface area contributed by atoms with Gasteiger partial charge in [0.15, 0.2) is 0 Å². The molecule has 7 nitrogen and oxygen atoms in total. The lowest BCUT2D eigenvalue weighted by Gasteiger charge is -2.47. The van der Waals surface area contributed by atoms with Gasteiger partial charge in [-0.1, -0.05) is 23.7 Å². The summed E-state index contributed by atoms with van der Waals surface area (Å²) in [6.07, 6.45) is 3.75. The lowest BCUT2D eigenvalue weighted by Crippen LogP contribution is -2.61. The molecule has 0 radical (unpaired) electrons. The summed E-state index contributed by atoms with van der Waals surface area (Å²) >= 11 is 6.16. The number of benzene rings is 1. The molecule has 5 unspecified atom stereocenters. The Morgan fingerprint density at radius 3 is 2.87 bits per heavy atom. The van der Waals surface area contributed by atoms with Gasteiger partial charge >= 0.3 is 6.03 Å². The zero-order chi connectivity index (χ0) is 21.5. The molecular formula is C23H28ClN5O2. The molecule has 4 N–H and O–H groups in total. The van der Waals surface area contributed by atoms with Crippen molar-refractivity contribution < 1.29 is 9.90 Å². The van der Waals surface area contributed by atoms with Crippen LogP contribution in [0.25, 0.3) is 0 Å². The van der Waals surface area contributed by atoms with Crippen LogP contribution in [-0.4, -0.2) is 46.3 Å². The predicted octanol–water partition coefficient (Wildman–Crippen LogP) is 2.71. The molecular weight excluding hydrogens is 414 g/mol. The summed E-state index contributed by atoms with van der Waals surface area (Å²) in [6.45, 7) is 2.50. The molecule has 2 saturated heterocycles. The summed E-state index contributed by atoms with van der Waals surface area (Å²) in [7, 11) is 0. The number of carbonyl (C=O) groups is 1. The molecule has 164 valence electrons. The van der Waals surface area contributed by atoms with Crippen LogP contribution in [0.15, 0.2) is 42.6 Å². The largest absolute Gasteiger partial charge is 0.394 e. The zero-order valence-corrected chi connectivity index (χ0v) is 18.2. The number of rotatable bonds is 4. The van der Waals surface area contributed by atoms with E-state index in [-0.39, 0.29) is 24.7 Å². The smallest absolute Gasteiger partial charge is 0.318 e. The standard InChI is InChI=1S/C23H28ClN5O2/c1-13-7-15(5-6-25-13)22-18-9-16-11-29(21(12-30)14-3-2-4-17(24)8-14)23(31)26-19(16)10-20(18)27-28-22/h2-8,16,18-22,27-28,30H,9-12H2,1H3,(H,26,31)/t16?,18?,19?,20?,21-,22?/m1/s1. The maximum Gasteiger partial charge on any atom is 0.318 e. The van der Waals surface area contributed by atoms with Crippen LogP contribution in [0.4, 0.5) is 4.79 Å². The monoisotopic (exact) mass is 441 g/mol. The molecule has 2 amide bonds. The van der Waals surface area contributed by atoms with E-state index in [1.807, 2.05) is 31.3 Å². The summed E-state index contributed by atoms with van der Waals surface area (Å²) < 4.78 is 0. The Bertz CT molecular complexity index is 972. The number of hydrogen-bond acceptors (Lipinski definition) is 5. The number of nitrogens with one attached hydrogen (secondary N) is 3. The van der Waals surface area contributed by atoms with E-state index in [1.165, 1.54) is 5.56 Å². The molecule has 1 aromatic heterocycles. The van der Waals surface area contributed by atoms with Crippen LogP contribution in [-0.2, 0) is 0 Å². The molecule has 3 fully saturated rings. The average molecular weight is 442 g/mol. The third-order valence-corrected chi connectivity index (χ3v) is 7.32. The van der Waals surface area contributed by atoms with E-state index in [9.17, 15) is 9.90 Å². The zero-order valence-electron chi connectivity index (χ0n) is 17.5. The number of aromatic nitrogens is 1. The highest BCUT2D eigenvalue weighted by Gasteiger charge is 2.48. The van der Waals surface area contributed by atoms with Gasteiger partial charge in [-0.05, 0) is 67.0 Å². The molecule has 5 rings (SSSR count). The van der Waals surface area contributed by atoms with Gasteiger partial charge in [-0.2, -0.15) is 0 Å². The second-order valence-corrected chi connectivity index (χ2v) is 9.40. The molecule has 3 heterocycles. The lowest BCUT2D eigenvalue weighted by atomic mass is 9.71. The van der Waals surface area contributed by atoms with Crippen LogP contribution in [0.5, 0.6) is 0 Å². The minimum atomic E-state index is -0.407. The Morgan fingerprint density at radius 2 is 2.10 bits per heavy atom. The van der Waals surface area contributed by atoms with E-state index in [4.69, 9.17) is 11.6 Å². The van der Waals surface area contributed by atoms with Gasteiger partial charge in [0.1, 0.15) is 0 Å². The van der Waals surface area contributed by atoms with E-state index in [0.717, 1.165) is 24.1 Å². The molecule has 1 aromatic carbocycles. The molecule has 2 aromatic rings. The number of amides is 2. The molecule has 2 aliphatic heterocycles. The normalized spacial score (nSPS) is 31.0. The molecule has 8 heteroatoms. The number of nitrogens with zero attached hydrogens (tertiary/aromatic N) is 2. The summed E-state index contributed by atoms with van der Waals surface area (Å²) in [5, 5.41) is 13.9. The molecule has 0 bridgehead atoms. The topological polar surface area (TPSA) is 89.5 Å². The predicted molar refractivity (Wildman–Crippen MR) is 118 cm³/mol. The molecule has 3 aliphatic rings. The summed E-state index contributed by atoms with van der Waals surface area (Å²) in [6, 6.07) is 11.8. The molecule has 1 saturated carbocycles. The van der Waals surface area contributed by atoms with E-state index >= 15 is 0 Å². The number of hydrazine groups is 1. The Kier molecular flexibility index (Phi) is 5.60. The van der Waals surface area contributed by atoms with Crippen molar-refractivity contribution in [2.45, 2.75) is 43.9 Å². The number of carbonyl (C=O) groups excluding carboxylic acids is 1. The number of urea groups is 1. The van der Waals surface area contributed by atoms with E-state index in [2.05, 4.69) is 33.3 Å². The van der Waals surface area contributed by atoms with Crippen LogP contribution in [0.3, 0.4) is 0 Å². The van der Waals surface area contributed by atoms with Crippen molar-refractivity contribution in [3.63, 3.8) is 0 Å². The molecule has 0 spiro atoms. The number of aliphatic hydroxyl groups excluding tert-OH is 1. The van der Waals surface area contributed by atoms with Crippen LogP contribution < -0.4 is 16.2 Å². The van der Waals surface area contributed by atoms with Crippen LogP contribution >= 0.6 is 11.6 Å². The number of pyridine rings is 1. The third kappa shape index (κ3) is 3.91. The van der Waals surface area contributed by atoms with Gasteiger partial charge in [-0.25, -0.2) is 10.2 Å². The van der Waals surface area contributed by atoms with Gasteiger partial charge in [-0.15, -0.1) is 0 Å². The van der Waals surface area contributed by atoms with Crippen molar-refractivity contribution in [3.8, 4) is 0 Å². The number of aryl methyl sites for hydroxylation is 1. The van der Waals surface area contributed by atoms with E-state index < -0.39 is 6.04 Å². The Morgan fingerprint density at radius 1 is 1.23 bits per heavy atom. The Labute approximate surface area is 187 Å². The quantitative estimate of drug-likeness (QED) is 0.585. The third-order valence-electron chi connectivity index (χ3n) is 7.08. The van der Waals surface area contributed by atoms with Crippen molar-refractivity contribution in [2.24, 2.45) is 11.8 Å². The van der Waals surface area contributed by atoms with Gasteiger partial charge in [0, 0.05) is 35.5 Å². The van der Waals surface area contributed by atoms with Crippen LogP contribution in [0, 0.1) is 18.8 Å². The van der Waals surface area contributed by atoms with Crippen LogP contribution in [0.2, 0.25) is 5.02 Å². The van der Waals surface area contributed by atoms with Gasteiger partial charge in [0.05, 0.1) is 18.7 Å². The fraction of sp³-hybridized carbons (Fsp3) is 0.478. The van der Waals surface area contributed by atoms with Gasteiger partial charge in [0.25, 0.3) is 0 Å². The average Bonchev–Trinajstić information content (AvgIpc) is 3.16. The number of halogens is 1. The van der Waals surface area contributed by atoms with E-state index in [1.54, 1.807) is 11.0 Å². The van der Waals surface area contributed by atoms with Crippen molar-refractivity contribution in [1.29, 1.82) is 0 Å². The SMILES string of the molecule is Cc1cc(C2NNC3CC4NC(=O)N([C@H](CO)c5cccc(Cl)c5)CC4CC32)ccn1. The summed E-state index contributed by atoms with van der Waals surface area (Å²) in [4.78, 5) is 19.1. The minimum Gasteiger partial charge on any atom is -0.394 e. The number of fused-ring (bicyclic) bond motifs is 2. The minimum absolute atomic E-state index is 0.119. The van der Waals surface area contributed by atoms with Gasteiger partial charge < -0.3 is 15.3 Å². The Balaban J connectivity index is 1.36. The second-order valence-electron chi connectivity index (χ2n) is 8.96. The maximum atomic E-state index is 13.0. The first-order valence-electron chi connectivity index (χ1n) is 10.9. The fourth-order valence-corrected chi connectivity index (χ4v) is 5.77. The van der Waals surface area contributed by atoms with Crippen LogP contribution in [0.1, 0.15) is 41.7 Å². The first-order chi connectivity index (χ1) is 15.0. The first kappa shape index (κ1) is 20.7. The van der Waals surface area contributed by atoms with Gasteiger partial charge in [-0.3, -0.25) is 10.4 Å². The first-order valence-corrected chi connectivity index (χ1v) is 11.3. The highest BCUT2D eigenvalue weighted by Crippen LogP contribution is 2.42. The Hall–Kier alpha value is -2.19. The highest BCUT2D eigenvalue weighted by molar-refractivity contribution is 6.30. The fourth-order valence-electron chi connectivity index (χ4n) is 5.57. The molecule has 31 heavy (non-hydrogen) atoms. The van der Waals surface area contributed by atoms with Crippen molar-refractivity contribution >= 4 is 17.6 Å². The van der Waals surface area contributed by atoms with Crippen molar-refractivity contribution in [2.75, 3.05) is 13.2 Å². The second kappa shape index (κ2) is 8.39. The van der Waals surface area contributed by atoms with E-state index in [0.29, 0.717) is 29.4 Å². The number of hydrogen-bond donors (Lipinski definition) is 4. The van der Waals surface area contributed by atoms with Crippen molar-refractivity contribution in [1.82, 2.24) is 26.1 Å². The van der Waals surface area contributed by atoms with Crippen molar-refractivity contribution in [3.05, 3.63) is 64.4 Å². The number of aliphatic hydroxyl groups is 1. The summed E-state index contributed by atoms with van der Waals surface area (Å²) in [5.41, 5.74) is 10.1. The molecule has 1 aliphatic carbocycles. The van der Waals surface area contributed by atoms with Gasteiger partial charge in [0.2, 0.25) is 0 Å².